The lowest BCUT2D eigenvalue weighted by Gasteiger charge is -2.32. The third kappa shape index (κ3) is 6.08. The number of rotatable bonds is 10. The van der Waals surface area contributed by atoms with E-state index in [-0.39, 0.29) is 54.2 Å². The van der Waals surface area contributed by atoms with Crippen LogP contribution in [0.25, 0.3) is 0 Å². The molecule has 0 saturated heterocycles. The predicted octanol–water partition coefficient (Wildman–Crippen LogP) is 2.92. The number of methoxy groups -OCH3 is 1. The molecule has 0 saturated carbocycles. The van der Waals surface area contributed by atoms with Crippen LogP contribution in [0.3, 0.4) is 0 Å². The summed E-state index contributed by atoms with van der Waals surface area (Å²) in [7, 11) is 1.25. The van der Waals surface area contributed by atoms with Gasteiger partial charge in [-0.25, -0.2) is 4.79 Å². The maximum Gasteiger partial charge on any atom is 0.336 e. The van der Waals surface area contributed by atoms with Crippen LogP contribution >= 0.6 is 23.2 Å². The van der Waals surface area contributed by atoms with Crippen LogP contribution in [0.1, 0.15) is 31.7 Å². The summed E-state index contributed by atoms with van der Waals surface area (Å²) in [6.45, 7) is 3.03. The minimum absolute atomic E-state index is 0.0717. The monoisotopic (exact) mass is 487 g/mol. The minimum atomic E-state index is -0.931. The molecule has 0 fully saturated rings. The molecule has 10 heteroatoms. The highest BCUT2D eigenvalue weighted by Crippen LogP contribution is 2.44. The first kappa shape index (κ1) is 26.3. The number of aliphatic hydroxyl groups excluding tert-OH is 2. The maximum atomic E-state index is 13.0. The van der Waals surface area contributed by atoms with E-state index in [1.54, 1.807) is 32.0 Å². The molecule has 0 aromatic heterocycles. The van der Waals surface area contributed by atoms with Crippen molar-refractivity contribution in [2.24, 2.45) is 10.9 Å². The summed E-state index contributed by atoms with van der Waals surface area (Å²) in [4.78, 5) is 30.2. The van der Waals surface area contributed by atoms with Gasteiger partial charge in [0, 0.05) is 18.2 Å². The van der Waals surface area contributed by atoms with Crippen molar-refractivity contribution in [3.8, 4) is 0 Å². The zero-order chi connectivity index (χ0) is 23.8. The summed E-state index contributed by atoms with van der Waals surface area (Å²) in [6.07, 6.45) is -0.724. The van der Waals surface area contributed by atoms with Gasteiger partial charge in [0.15, 0.2) is 0 Å². The first-order valence-electron chi connectivity index (χ1n) is 10.1. The molecule has 3 unspecified atom stereocenters. The third-order valence-electron chi connectivity index (χ3n) is 4.99. The molecular formula is C22H27Cl2NO7. The molecule has 176 valence electrons. The molecule has 8 nitrogen and oxygen atoms in total. The Morgan fingerprint density at radius 2 is 2.00 bits per heavy atom. The molecule has 1 heterocycles. The fourth-order valence-corrected chi connectivity index (χ4v) is 3.97. The highest BCUT2D eigenvalue weighted by atomic mass is 35.5. The van der Waals surface area contributed by atoms with Crippen LogP contribution in [0.2, 0.25) is 10.0 Å². The summed E-state index contributed by atoms with van der Waals surface area (Å²) in [5.74, 6) is -3.06. The van der Waals surface area contributed by atoms with Crippen LogP contribution in [0.15, 0.2) is 34.5 Å². The van der Waals surface area contributed by atoms with Crippen LogP contribution in [0.4, 0.5) is 0 Å². The number of carbonyl (C=O) groups is 2. The van der Waals surface area contributed by atoms with E-state index in [1.807, 2.05) is 0 Å². The summed E-state index contributed by atoms with van der Waals surface area (Å²) in [6, 6.07) is 4.95. The Balaban J connectivity index is 2.61. The lowest BCUT2D eigenvalue weighted by molar-refractivity contribution is -0.144. The quantitative estimate of drug-likeness (QED) is 0.487. The van der Waals surface area contributed by atoms with E-state index in [9.17, 15) is 14.7 Å². The molecule has 0 spiro atoms. The van der Waals surface area contributed by atoms with Crippen molar-refractivity contribution in [3.63, 3.8) is 0 Å². The molecule has 3 atom stereocenters. The lowest BCUT2D eigenvalue weighted by atomic mass is 9.75. The Hall–Kier alpha value is -1.97. The van der Waals surface area contributed by atoms with Crippen molar-refractivity contribution in [3.05, 3.63) is 45.1 Å². The molecule has 1 aromatic carbocycles. The first-order chi connectivity index (χ1) is 15.3. The Kier molecular flexibility index (Phi) is 10.1. The molecule has 1 aliphatic rings. The fraction of sp³-hybridized carbons (Fsp3) is 0.500. The molecule has 1 aromatic rings. The zero-order valence-electron chi connectivity index (χ0n) is 18.1. The van der Waals surface area contributed by atoms with Gasteiger partial charge in [-0.05, 0) is 31.9 Å². The molecule has 0 amide bonds. The number of benzene rings is 1. The predicted molar refractivity (Wildman–Crippen MR) is 120 cm³/mol. The Labute approximate surface area is 196 Å². The van der Waals surface area contributed by atoms with Gasteiger partial charge >= 0.3 is 11.9 Å². The molecule has 0 aliphatic carbocycles. The second-order valence-electron chi connectivity index (χ2n) is 7.14. The van der Waals surface area contributed by atoms with Gasteiger partial charge in [-0.3, -0.25) is 9.79 Å². The Morgan fingerprint density at radius 3 is 2.62 bits per heavy atom. The molecule has 1 aliphatic heterocycles. The molecule has 0 bridgehead atoms. The molecule has 32 heavy (non-hydrogen) atoms. The van der Waals surface area contributed by atoms with Crippen molar-refractivity contribution in [2.75, 3.05) is 33.5 Å². The van der Waals surface area contributed by atoms with Crippen LogP contribution in [0.5, 0.6) is 0 Å². The number of carbonyl (C=O) groups excluding carboxylic acids is 2. The standard InChI is InChI=1S/C22H27Cl2NO7/c1-4-32-22(29)19-16(11-31-10-13(27)8-9-26)25-12(2)17(21(28)30-3)18(19)14-6-5-7-15(23)20(14)24/h5-7,13,17-18,26-27H,4,8-11H2,1-3H3. The SMILES string of the molecule is CCOC(=O)C1=C(COCC(O)CCO)N=C(C)C(C(=O)OC)C1c1cccc(Cl)c1Cl. The third-order valence-corrected chi connectivity index (χ3v) is 5.83. The van der Waals surface area contributed by atoms with E-state index in [1.165, 1.54) is 7.11 Å². The number of halogens is 2. The van der Waals surface area contributed by atoms with Crippen molar-refractivity contribution < 1.29 is 34.0 Å². The van der Waals surface area contributed by atoms with E-state index < -0.39 is 29.9 Å². The number of ether oxygens (including phenoxy) is 3. The average Bonchev–Trinajstić information content (AvgIpc) is 2.75. The number of esters is 2. The van der Waals surface area contributed by atoms with Gasteiger partial charge in [-0.2, -0.15) is 0 Å². The first-order valence-corrected chi connectivity index (χ1v) is 10.9. The second kappa shape index (κ2) is 12.3. The smallest absolute Gasteiger partial charge is 0.336 e. The number of aliphatic hydroxyl groups is 2. The largest absolute Gasteiger partial charge is 0.468 e. The number of hydrogen-bond acceptors (Lipinski definition) is 8. The highest BCUT2D eigenvalue weighted by Gasteiger charge is 2.44. The summed E-state index contributed by atoms with van der Waals surface area (Å²) in [5.41, 5.74) is 1.21. The topological polar surface area (TPSA) is 115 Å². The van der Waals surface area contributed by atoms with Gasteiger partial charge in [0.2, 0.25) is 0 Å². The zero-order valence-corrected chi connectivity index (χ0v) is 19.7. The van der Waals surface area contributed by atoms with Crippen molar-refractivity contribution in [1.29, 1.82) is 0 Å². The Morgan fingerprint density at radius 1 is 1.28 bits per heavy atom. The van der Waals surface area contributed by atoms with E-state index in [2.05, 4.69) is 4.99 Å². The van der Waals surface area contributed by atoms with E-state index in [4.69, 9.17) is 42.5 Å². The molecule has 2 rings (SSSR count). The van der Waals surface area contributed by atoms with Gasteiger partial charge in [-0.15, -0.1) is 0 Å². The molecule has 0 radical (unpaired) electrons. The van der Waals surface area contributed by atoms with Gasteiger partial charge in [0.1, 0.15) is 5.92 Å². The number of aliphatic imine (C=N–C) groups is 1. The highest BCUT2D eigenvalue weighted by molar-refractivity contribution is 6.42. The van der Waals surface area contributed by atoms with Crippen LogP contribution in [-0.2, 0) is 23.8 Å². The van der Waals surface area contributed by atoms with E-state index >= 15 is 0 Å². The van der Waals surface area contributed by atoms with Gasteiger partial charge < -0.3 is 24.4 Å². The van der Waals surface area contributed by atoms with Crippen LogP contribution in [-0.4, -0.2) is 67.5 Å². The summed E-state index contributed by atoms with van der Waals surface area (Å²) >= 11 is 12.7. The minimum Gasteiger partial charge on any atom is -0.468 e. The normalized spacial score (nSPS) is 19.4. The molecular weight excluding hydrogens is 461 g/mol. The van der Waals surface area contributed by atoms with Crippen molar-refractivity contribution >= 4 is 40.9 Å². The maximum absolute atomic E-state index is 13.0. The average molecular weight is 488 g/mol. The fourth-order valence-electron chi connectivity index (χ4n) is 3.55. The lowest BCUT2D eigenvalue weighted by Crippen LogP contribution is -2.37. The second-order valence-corrected chi connectivity index (χ2v) is 7.92. The number of hydrogen-bond donors (Lipinski definition) is 2. The van der Waals surface area contributed by atoms with Crippen LogP contribution < -0.4 is 0 Å². The van der Waals surface area contributed by atoms with Crippen molar-refractivity contribution in [1.82, 2.24) is 0 Å². The summed E-state index contributed by atoms with van der Waals surface area (Å²) in [5, 5.41) is 19.2. The molecule has 2 N–H and O–H groups in total. The van der Waals surface area contributed by atoms with E-state index in [0.29, 0.717) is 11.3 Å². The Bertz CT molecular complexity index is 900. The van der Waals surface area contributed by atoms with Crippen LogP contribution in [0, 0.1) is 5.92 Å². The van der Waals surface area contributed by atoms with Crippen molar-refractivity contribution in [2.45, 2.75) is 32.3 Å². The van der Waals surface area contributed by atoms with Gasteiger partial charge in [0.25, 0.3) is 0 Å². The summed E-state index contributed by atoms with van der Waals surface area (Å²) < 4.78 is 15.8. The van der Waals surface area contributed by atoms with Gasteiger partial charge in [0.05, 0.1) is 54.3 Å². The van der Waals surface area contributed by atoms with Gasteiger partial charge in [-0.1, -0.05) is 35.3 Å². The number of nitrogens with zero attached hydrogens (tertiary/aromatic N) is 1. The van der Waals surface area contributed by atoms with E-state index in [0.717, 1.165) is 0 Å².